The minimum atomic E-state index is -0.659. The van der Waals surface area contributed by atoms with Crippen LogP contribution in [-0.2, 0) is 9.53 Å². The summed E-state index contributed by atoms with van der Waals surface area (Å²) >= 11 is 5.94. The van der Waals surface area contributed by atoms with E-state index in [9.17, 15) is 9.59 Å². The smallest absolute Gasteiger partial charge is 0.328 e. The van der Waals surface area contributed by atoms with Crippen molar-refractivity contribution in [3.8, 4) is 0 Å². The number of esters is 1. The van der Waals surface area contributed by atoms with E-state index in [1.165, 1.54) is 7.11 Å². The summed E-state index contributed by atoms with van der Waals surface area (Å²) in [5, 5.41) is 3.01. The van der Waals surface area contributed by atoms with Crippen molar-refractivity contribution in [3.05, 3.63) is 34.9 Å². The van der Waals surface area contributed by atoms with Gasteiger partial charge < -0.3 is 10.1 Å². The van der Waals surface area contributed by atoms with E-state index in [1.807, 2.05) is 13.8 Å². The summed E-state index contributed by atoms with van der Waals surface area (Å²) in [5.74, 6) is -0.564. The number of amides is 1. The first-order valence-corrected chi connectivity index (χ1v) is 6.46. The molecule has 1 rings (SSSR count). The van der Waals surface area contributed by atoms with E-state index < -0.39 is 12.0 Å². The second-order valence-electron chi connectivity index (χ2n) is 4.66. The van der Waals surface area contributed by atoms with E-state index >= 15 is 0 Å². The average Bonchev–Trinajstić information content (AvgIpc) is 2.36. The lowest BCUT2D eigenvalue weighted by Crippen LogP contribution is -2.42. The second-order valence-corrected chi connectivity index (χ2v) is 5.07. The zero-order valence-electron chi connectivity index (χ0n) is 11.3. The summed E-state index contributed by atoms with van der Waals surface area (Å²) in [4.78, 5) is 23.7. The summed E-state index contributed by atoms with van der Waals surface area (Å²) in [6, 6.07) is 6.04. The molecule has 0 radical (unpaired) electrons. The predicted molar refractivity (Wildman–Crippen MR) is 74.2 cm³/mol. The van der Waals surface area contributed by atoms with E-state index in [0.717, 1.165) is 0 Å². The Morgan fingerprint density at radius 1 is 1.32 bits per heavy atom. The first-order chi connectivity index (χ1) is 8.95. The van der Waals surface area contributed by atoms with Gasteiger partial charge in [-0.2, -0.15) is 0 Å². The molecule has 0 saturated carbocycles. The fourth-order valence-electron chi connectivity index (χ4n) is 1.71. The Hall–Kier alpha value is -1.55. The van der Waals surface area contributed by atoms with E-state index in [-0.39, 0.29) is 11.8 Å². The molecular formula is C14H18ClNO3. The van der Waals surface area contributed by atoms with Gasteiger partial charge in [0.25, 0.3) is 5.91 Å². The molecule has 0 aliphatic heterocycles. The average molecular weight is 284 g/mol. The third-order valence-corrected chi connectivity index (χ3v) is 2.95. The van der Waals surface area contributed by atoms with E-state index in [0.29, 0.717) is 17.0 Å². The molecule has 19 heavy (non-hydrogen) atoms. The summed E-state index contributed by atoms with van der Waals surface area (Å²) in [5.41, 5.74) is 0.349. The Labute approximate surface area is 118 Å². The third-order valence-electron chi connectivity index (χ3n) is 2.62. The third kappa shape index (κ3) is 4.56. The molecule has 0 bridgehead atoms. The van der Waals surface area contributed by atoms with Gasteiger partial charge in [0.05, 0.1) is 17.7 Å². The number of carbonyl (C=O) groups excluding carboxylic acids is 2. The highest BCUT2D eigenvalue weighted by Gasteiger charge is 2.23. The minimum Gasteiger partial charge on any atom is -0.467 e. The van der Waals surface area contributed by atoms with Gasteiger partial charge in [0.15, 0.2) is 0 Å². The first kappa shape index (κ1) is 15.5. The van der Waals surface area contributed by atoms with Crippen molar-refractivity contribution in [2.24, 2.45) is 5.92 Å². The van der Waals surface area contributed by atoms with Crippen LogP contribution >= 0.6 is 11.6 Å². The van der Waals surface area contributed by atoms with Crippen LogP contribution in [-0.4, -0.2) is 25.0 Å². The summed E-state index contributed by atoms with van der Waals surface area (Å²) in [6.45, 7) is 3.94. The van der Waals surface area contributed by atoms with Crippen molar-refractivity contribution in [1.29, 1.82) is 0 Å². The lowest BCUT2D eigenvalue weighted by molar-refractivity contribution is -0.143. The van der Waals surface area contributed by atoms with Gasteiger partial charge in [-0.15, -0.1) is 0 Å². The summed E-state index contributed by atoms with van der Waals surface area (Å²) < 4.78 is 4.69. The Morgan fingerprint density at radius 3 is 2.47 bits per heavy atom. The zero-order chi connectivity index (χ0) is 14.4. The molecule has 0 spiro atoms. The highest BCUT2D eigenvalue weighted by molar-refractivity contribution is 6.33. The molecule has 1 unspecified atom stereocenters. The van der Waals surface area contributed by atoms with Gasteiger partial charge in [-0.1, -0.05) is 37.6 Å². The molecule has 0 aliphatic rings. The predicted octanol–water partition coefficient (Wildman–Crippen LogP) is 2.66. The van der Waals surface area contributed by atoms with Crippen LogP contribution in [0.2, 0.25) is 5.02 Å². The Bertz CT molecular complexity index is 460. The lowest BCUT2D eigenvalue weighted by atomic mass is 10.0. The topological polar surface area (TPSA) is 55.4 Å². The van der Waals surface area contributed by atoms with Gasteiger partial charge in [0.1, 0.15) is 6.04 Å². The summed E-state index contributed by atoms with van der Waals surface area (Å²) in [7, 11) is 1.30. The molecule has 1 aromatic carbocycles. The molecule has 1 N–H and O–H groups in total. The van der Waals surface area contributed by atoms with Crippen molar-refractivity contribution in [2.45, 2.75) is 26.3 Å². The molecule has 0 fully saturated rings. The lowest BCUT2D eigenvalue weighted by Gasteiger charge is -2.18. The van der Waals surface area contributed by atoms with E-state index in [2.05, 4.69) is 5.32 Å². The van der Waals surface area contributed by atoms with Gasteiger partial charge in [-0.05, 0) is 24.5 Å². The molecule has 0 heterocycles. The summed E-state index contributed by atoms with van der Waals surface area (Å²) in [6.07, 6.45) is 0.517. The normalized spacial score (nSPS) is 12.1. The highest BCUT2D eigenvalue weighted by Crippen LogP contribution is 2.15. The van der Waals surface area contributed by atoms with Crippen LogP contribution in [0.4, 0.5) is 0 Å². The fraction of sp³-hybridized carbons (Fsp3) is 0.429. The quantitative estimate of drug-likeness (QED) is 0.845. The Kier molecular flexibility index (Phi) is 5.83. The maximum absolute atomic E-state index is 12.1. The molecule has 1 amide bonds. The van der Waals surface area contributed by atoms with Crippen molar-refractivity contribution in [2.75, 3.05) is 7.11 Å². The molecular weight excluding hydrogens is 266 g/mol. The zero-order valence-corrected chi connectivity index (χ0v) is 12.0. The van der Waals surface area contributed by atoms with Crippen LogP contribution in [0.5, 0.6) is 0 Å². The van der Waals surface area contributed by atoms with Gasteiger partial charge in [0, 0.05) is 0 Å². The van der Waals surface area contributed by atoms with Gasteiger partial charge >= 0.3 is 5.97 Å². The molecule has 0 aliphatic carbocycles. The van der Waals surface area contributed by atoms with Gasteiger partial charge in [0.2, 0.25) is 0 Å². The molecule has 0 saturated heterocycles. The number of carbonyl (C=O) groups is 2. The van der Waals surface area contributed by atoms with E-state index in [4.69, 9.17) is 16.3 Å². The van der Waals surface area contributed by atoms with Crippen molar-refractivity contribution < 1.29 is 14.3 Å². The SMILES string of the molecule is COC(=O)C(CC(C)C)NC(=O)c1ccccc1Cl. The van der Waals surface area contributed by atoms with Crippen molar-refractivity contribution in [1.82, 2.24) is 5.32 Å². The van der Waals surface area contributed by atoms with Gasteiger partial charge in [-0.25, -0.2) is 4.79 Å². The number of halogens is 1. The number of hydrogen-bond donors (Lipinski definition) is 1. The number of ether oxygens (including phenoxy) is 1. The highest BCUT2D eigenvalue weighted by atomic mass is 35.5. The number of benzene rings is 1. The minimum absolute atomic E-state index is 0.260. The molecule has 1 aromatic rings. The number of rotatable bonds is 5. The molecule has 0 aromatic heterocycles. The molecule has 104 valence electrons. The first-order valence-electron chi connectivity index (χ1n) is 6.09. The maximum Gasteiger partial charge on any atom is 0.328 e. The molecule has 5 heteroatoms. The largest absolute Gasteiger partial charge is 0.467 e. The molecule has 4 nitrogen and oxygen atoms in total. The number of hydrogen-bond acceptors (Lipinski definition) is 3. The monoisotopic (exact) mass is 283 g/mol. The van der Waals surface area contributed by atoms with Gasteiger partial charge in [-0.3, -0.25) is 4.79 Å². The number of methoxy groups -OCH3 is 1. The Balaban J connectivity index is 2.82. The van der Waals surface area contributed by atoms with Crippen LogP contribution in [0.25, 0.3) is 0 Å². The molecule has 1 atom stereocenters. The maximum atomic E-state index is 12.1. The fourth-order valence-corrected chi connectivity index (χ4v) is 1.93. The second kappa shape index (κ2) is 7.14. The number of nitrogens with one attached hydrogen (secondary N) is 1. The van der Waals surface area contributed by atoms with Crippen LogP contribution in [0, 0.1) is 5.92 Å². The van der Waals surface area contributed by atoms with Crippen LogP contribution in [0.3, 0.4) is 0 Å². The van der Waals surface area contributed by atoms with Crippen molar-refractivity contribution >= 4 is 23.5 Å². The van der Waals surface area contributed by atoms with Crippen LogP contribution < -0.4 is 5.32 Å². The van der Waals surface area contributed by atoms with Crippen LogP contribution in [0.15, 0.2) is 24.3 Å². The Morgan fingerprint density at radius 2 is 1.95 bits per heavy atom. The van der Waals surface area contributed by atoms with E-state index in [1.54, 1.807) is 24.3 Å². The van der Waals surface area contributed by atoms with Crippen molar-refractivity contribution in [3.63, 3.8) is 0 Å². The standard InChI is InChI=1S/C14H18ClNO3/c1-9(2)8-12(14(18)19-3)16-13(17)10-6-4-5-7-11(10)15/h4-7,9,12H,8H2,1-3H3,(H,16,17). The van der Waals surface area contributed by atoms with Crippen LogP contribution in [0.1, 0.15) is 30.6 Å².